The molecule has 0 unspecified atom stereocenters. The maximum atomic E-state index is 10.8. The van der Waals surface area contributed by atoms with Crippen molar-refractivity contribution >= 4 is 17.2 Å². The average molecular weight is 326 g/mol. The van der Waals surface area contributed by atoms with Gasteiger partial charge >= 0.3 is 5.69 Å². The molecule has 1 N–H and O–H groups in total. The Hall–Kier alpha value is -3.49. The number of aromatic nitrogens is 4. The fourth-order valence-electron chi connectivity index (χ4n) is 2.12. The highest BCUT2D eigenvalue weighted by Gasteiger charge is 2.13. The Labute approximate surface area is 137 Å². The molecular weight excluding hydrogens is 312 g/mol. The summed E-state index contributed by atoms with van der Waals surface area (Å²) in [5.41, 5.74) is 1.31. The predicted octanol–water partition coefficient (Wildman–Crippen LogP) is 2.63. The van der Waals surface area contributed by atoms with Gasteiger partial charge in [-0.3, -0.25) is 10.1 Å². The number of methoxy groups -OCH3 is 1. The van der Waals surface area contributed by atoms with Crippen molar-refractivity contribution in [2.24, 2.45) is 0 Å². The molecule has 24 heavy (non-hydrogen) atoms. The summed E-state index contributed by atoms with van der Waals surface area (Å²) in [6.07, 6.45) is 2.42. The van der Waals surface area contributed by atoms with E-state index in [2.05, 4.69) is 20.4 Å². The van der Waals surface area contributed by atoms with Crippen LogP contribution in [0.5, 0.6) is 5.75 Å². The van der Waals surface area contributed by atoms with Gasteiger partial charge in [0.1, 0.15) is 24.0 Å². The zero-order chi connectivity index (χ0) is 17.1. The van der Waals surface area contributed by atoms with Crippen molar-refractivity contribution in [1.29, 1.82) is 0 Å². The molecule has 0 saturated carbocycles. The van der Waals surface area contributed by atoms with Gasteiger partial charge in [-0.15, -0.1) is 0 Å². The first kappa shape index (κ1) is 15.4. The summed E-state index contributed by atoms with van der Waals surface area (Å²) < 4.78 is 6.56. The van der Waals surface area contributed by atoms with E-state index in [1.54, 1.807) is 20.1 Å². The Balaban J connectivity index is 1.95. The van der Waals surface area contributed by atoms with Crippen molar-refractivity contribution in [1.82, 2.24) is 19.7 Å². The molecule has 1 aromatic carbocycles. The molecule has 0 fully saturated rings. The van der Waals surface area contributed by atoms with E-state index in [4.69, 9.17) is 4.74 Å². The first-order valence-electron chi connectivity index (χ1n) is 7.02. The normalized spacial score (nSPS) is 10.4. The lowest BCUT2D eigenvalue weighted by Crippen LogP contribution is -2.06. The van der Waals surface area contributed by atoms with Crippen molar-refractivity contribution in [3.63, 3.8) is 0 Å². The highest BCUT2D eigenvalue weighted by atomic mass is 16.6. The van der Waals surface area contributed by atoms with Crippen LogP contribution in [0.3, 0.4) is 0 Å². The number of rotatable bonds is 5. The maximum absolute atomic E-state index is 10.8. The van der Waals surface area contributed by atoms with Gasteiger partial charge in [-0.05, 0) is 19.1 Å². The van der Waals surface area contributed by atoms with E-state index >= 15 is 0 Å². The monoisotopic (exact) mass is 326 g/mol. The number of aryl methyl sites for hydroxylation is 1. The van der Waals surface area contributed by atoms with Crippen LogP contribution < -0.4 is 10.1 Å². The van der Waals surface area contributed by atoms with Gasteiger partial charge in [-0.2, -0.15) is 14.8 Å². The van der Waals surface area contributed by atoms with E-state index in [0.29, 0.717) is 17.3 Å². The van der Waals surface area contributed by atoms with E-state index in [1.165, 1.54) is 10.9 Å². The third-order valence-corrected chi connectivity index (χ3v) is 3.20. The summed E-state index contributed by atoms with van der Waals surface area (Å²) in [4.78, 5) is 18.9. The van der Waals surface area contributed by atoms with Crippen LogP contribution in [0, 0.1) is 17.0 Å². The van der Waals surface area contributed by atoms with E-state index < -0.39 is 4.92 Å². The molecule has 0 atom stereocenters. The van der Waals surface area contributed by atoms with Crippen molar-refractivity contribution in [3.8, 4) is 11.7 Å². The van der Waals surface area contributed by atoms with Gasteiger partial charge in [0.25, 0.3) is 5.95 Å². The van der Waals surface area contributed by atoms with Crippen LogP contribution in [0.4, 0.5) is 17.2 Å². The van der Waals surface area contributed by atoms with Gasteiger partial charge in [0.05, 0.1) is 17.7 Å². The van der Waals surface area contributed by atoms with E-state index in [-0.39, 0.29) is 11.6 Å². The zero-order valence-corrected chi connectivity index (χ0v) is 13.0. The summed E-state index contributed by atoms with van der Waals surface area (Å²) in [7, 11) is 1.58. The van der Waals surface area contributed by atoms with Gasteiger partial charge in [0.2, 0.25) is 0 Å². The van der Waals surface area contributed by atoms with Gasteiger partial charge in [-0.25, -0.2) is 4.98 Å². The standard InChI is InChI=1S/C15H14N6O3/c1-10-7-14(18-12-5-3-4-6-13(12)24-2)19-15(17-10)20-9-11(8-16-20)21(22)23/h3-9H,1-2H3,(H,17,18,19). The second kappa shape index (κ2) is 6.32. The van der Waals surface area contributed by atoms with Crippen molar-refractivity contribution in [2.45, 2.75) is 6.92 Å². The molecule has 3 rings (SSSR count). The van der Waals surface area contributed by atoms with Crippen molar-refractivity contribution in [2.75, 3.05) is 12.4 Å². The second-order valence-electron chi connectivity index (χ2n) is 4.92. The van der Waals surface area contributed by atoms with Crippen LogP contribution in [0.15, 0.2) is 42.7 Å². The number of nitrogens with one attached hydrogen (secondary N) is 1. The number of hydrogen-bond acceptors (Lipinski definition) is 7. The van der Waals surface area contributed by atoms with Gasteiger partial charge in [0.15, 0.2) is 0 Å². The lowest BCUT2D eigenvalue weighted by Gasteiger charge is -2.11. The van der Waals surface area contributed by atoms with Gasteiger partial charge < -0.3 is 10.1 Å². The van der Waals surface area contributed by atoms with Crippen LogP contribution in [0.25, 0.3) is 5.95 Å². The molecule has 0 spiro atoms. The van der Waals surface area contributed by atoms with Crippen LogP contribution in [-0.2, 0) is 0 Å². The molecule has 0 saturated heterocycles. The summed E-state index contributed by atoms with van der Waals surface area (Å²) in [6.45, 7) is 1.80. The van der Waals surface area contributed by atoms with E-state index in [9.17, 15) is 10.1 Å². The molecule has 9 heteroatoms. The first-order valence-corrected chi connectivity index (χ1v) is 7.02. The summed E-state index contributed by atoms with van der Waals surface area (Å²) in [6, 6.07) is 9.18. The molecule has 2 heterocycles. The second-order valence-corrected chi connectivity index (χ2v) is 4.92. The Kier molecular flexibility index (Phi) is 4.06. The minimum Gasteiger partial charge on any atom is -0.495 e. The number of hydrogen-bond donors (Lipinski definition) is 1. The summed E-state index contributed by atoms with van der Waals surface area (Å²) in [5.74, 6) is 1.44. The molecule has 0 aliphatic carbocycles. The number of benzene rings is 1. The molecule has 0 radical (unpaired) electrons. The fraction of sp³-hybridized carbons (Fsp3) is 0.133. The van der Waals surface area contributed by atoms with Crippen molar-refractivity contribution < 1.29 is 9.66 Å². The topological polar surface area (TPSA) is 108 Å². The quantitative estimate of drug-likeness (QED) is 0.567. The van der Waals surface area contributed by atoms with Gasteiger partial charge in [0, 0.05) is 11.8 Å². The molecule has 0 aliphatic rings. The Morgan fingerprint density at radius 1 is 1.29 bits per heavy atom. The van der Waals surface area contributed by atoms with Crippen LogP contribution in [0.2, 0.25) is 0 Å². The number of nitrogens with zero attached hydrogens (tertiary/aromatic N) is 5. The molecular formula is C15H14N6O3. The lowest BCUT2D eigenvalue weighted by atomic mass is 10.3. The Morgan fingerprint density at radius 3 is 2.79 bits per heavy atom. The molecule has 0 bridgehead atoms. The van der Waals surface area contributed by atoms with E-state index in [1.807, 2.05) is 24.3 Å². The Morgan fingerprint density at radius 2 is 2.08 bits per heavy atom. The SMILES string of the molecule is COc1ccccc1Nc1cc(C)nc(-n2cc([N+](=O)[O-])cn2)n1. The largest absolute Gasteiger partial charge is 0.495 e. The Bertz CT molecular complexity index is 892. The smallest absolute Gasteiger partial charge is 0.307 e. The molecule has 0 aliphatic heterocycles. The fourth-order valence-corrected chi connectivity index (χ4v) is 2.12. The van der Waals surface area contributed by atoms with Crippen molar-refractivity contribution in [3.05, 3.63) is 58.5 Å². The maximum Gasteiger partial charge on any atom is 0.307 e. The summed E-state index contributed by atoms with van der Waals surface area (Å²) in [5, 5.41) is 17.9. The lowest BCUT2D eigenvalue weighted by molar-refractivity contribution is -0.384. The van der Waals surface area contributed by atoms with Crippen LogP contribution >= 0.6 is 0 Å². The number of anilines is 2. The molecule has 2 aromatic heterocycles. The summed E-state index contributed by atoms with van der Waals surface area (Å²) >= 11 is 0. The van der Waals surface area contributed by atoms with Gasteiger partial charge in [-0.1, -0.05) is 12.1 Å². The zero-order valence-electron chi connectivity index (χ0n) is 13.0. The molecule has 122 valence electrons. The number of nitro groups is 1. The predicted molar refractivity (Wildman–Crippen MR) is 86.8 cm³/mol. The van der Waals surface area contributed by atoms with Crippen LogP contribution in [0.1, 0.15) is 5.69 Å². The van der Waals surface area contributed by atoms with E-state index in [0.717, 1.165) is 11.9 Å². The highest BCUT2D eigenvalue weighted by Crippen LogP contribution is 2.26. The molecule has 9 nitrogen and oxygen atoms in total. The number of ether oxygens (including phenoxy) is 1. The molecule has 3 aromatic rings. The highest BCUT2D eigenvalue weighted by molar-refractivity contribution is 5.64. The number of para-hydroxylation sites is 2. The average Bonchev–Trinajstić information content (AvgIpc) is 3.05. The first-order chi connectivity index (χ1) is 11.6. The van der Waals surface area contributed by atoms with Crippen LogP contribution in [-0.4, -0.2) is 31.8 Å². The molecule has 0 amide bonds. The third kappa shape index (κ3) is 3.14. The third-order valence-electron chi connectivity index (χ3n) is 3.20. The minimum absolute atomic E-state index is 0.126. The minimum atomic E-state index is -0.521.